The molecular weight excluding hydrogens is 563 g/mol. The topological polar surface area (TPSA) is 58.6 Å². The Morgan fingerprint density at radius 1 is 1.00 bits per heavy atom. The van der Waals surface area contributed by atoms with Crippen molar-refractivity contribution >= 4 is 50.9 Å². The molecule has 3 rings (SSSR count). The molecule has 3 aromatic carbocycles. The molecule has 0 fully saturated rings. The Labute approximate surface area is 230 Å². The number of amides is 2. The summed E-state index contributed by atoms with van der Waals surface area (Å²) in [6.45, 7) is 5.61. The monoisotopic (exact) mass is 590 g/mol. The minimum Gasteiger partial charge on any atom is -0.483 e. The first-order chi connectivity index (χ1) is 17.0. The zero-order valence-corrected chi connectivity index (χ0v) is 23.5. The molecule has 0 aromatic heterocycles. The highest BCUT2D eigenvalue weighted by Crippen LogP contribution is 2.28. The SMILES string of the molecule is CC(C)(C)NC(=O)[C@H](Cc1ccccc1)N(Cc1ccccc1Cl)C(=O)COc1ccc(Cl)cc1Br. The van der Waals surface area contributed by atoms with E-state index >= 15 is 0 Å². The maximum absolute atomic E-state index is 13.6. The van der Waals surface area contributed by atoms with Gasteiger partial charge < -0.3 is 15.0 Å². The molecule has 0 bridgehead atoms. The molecule has 190 valence electrons. The standard InChI is InChI=1S/C28H29BrCl2N2O3/c1-28(2,3)32-27(35)24(15-19-9-5-4-6-10-19)33(17-20-11-7-8-12-23(20)31)26(34)18-36-25-14-13-21(30)16-22(25)29/h4-14,16,24H,15,17-18H2,1-3H3,(H,32,35)/t24-/m0/s1. The number of hydrogen-bond donors (Lipinski definition) is 1. The maximum atomic E-state index is 13.6. The van der Waals surface area contributed by atoms with Crippen molar-refractivity contribution in [1.82, 2.24) is 10.2 Å². The van der Waals surface area contributed by atoms with E-state index in [1.54, 1.807) is 29.2 Å². The highest BCUT2D eigenvalue weighted by atomic mass is 79.9. The number of nitrogens with one attached hydrogen (secondary N) is 1. The van der Waals surface area contributed by atoms with Crippen molar-refractivity contribution in [2.45, 2.75) is 45.3 Å². The summed E-state index contributed by atoms with van der Waals surface area (Å²) in [6.07, 6.45) is 0.337. The average molecular weight is 592 g/mol. The molecule has 8 heteroatoms. The zero-order chi connectivity index (χ0) is 26.3. The van der Waals surface area contributed by atoms with Crippen molar-refractivity contribution in [2.24, 2.45) is 0 Å². The van der Waals surface area contributed by atoms with Crippen LogP contribution in [0.3, 0.4) is 0 Å². The second kappa shape index (κ2) is 12.6. The van der Waals surface area contributed by atoms with Gasteiger partial charge in [0, 0.05) is 28.5 Å². The lowest BCUT2D eigenvalue weighted by atomic mass is 10.0. The van der Waals surface area contributed by atoms with E-state index in [9.17, 15) is 9.59 Å². The molecular formula is C28H29BrCl2N2O3. The van der Waals surface area contributed by atoms with Gasteiger partial charge in [0.05, 0.1) is 4.47 Å². The minimum absolute atomic E-state index is 0.152. The van der Waals surface area contributed by atoms with Gasteiger partial charge in [-0.1, -0.05) is 71.7 Å². The summed E-state index contributed by atoms with van der Waals surface area (Å²) in [6, 6.07) is 21.2. The van der Waals surface area contributed by atoms with Gasteiger partial charge in [0.2, 0.25) is 5.91 Å². The minimum atomic E-state index is -0.785. The second-order valence-electron chi connectivity index (χ2n) is 9.42. The Balaban J connectivity index is 1.95. The lowest BCUT2D eigenvalue weighted by molar-refractivity contribution is -0.143. The Hall–Kier alpha value is -2.54. The zero-order valence-electron chi connectivity index (χ0n) is 20.4. The normalized spacial score (nSPS) is 12.1. The molecule has 0 radical (unpaired) electrons. The number of rotatable bonds is 9. The summed E-state index contributed by atoms with van der Waals surface area (Å²) < 4.78 is 6.45. The molecule has 0 spiro atoms. The van der Waals surface area contributed by atoms with Gasteiger partial charge in [-0.25, -0.2) is 0 Å². The van der Waals surface area contributed by atoms with Gasteiger partial charge >= 0.3 is 0 Å². The first-order valence-electron chi connectivity index (χ1n) is 11.5. The van der Waals surface area contributed by atoms with Gasteiger partial charge in [-0.2, -0.15) is 0 Å². The summed E-state index contributed by atoms with van der Waals surface area (Å²) in [4.78, 5) is 28.7. The van der Waals surface area contributed by atoms with Gasteiger partial charge in [0.15, 0.2) is 6.61 Å². The van der Waals surface area contributed by atoms with Gasteiger partial charge in [-0.15, -0.1) is 0 Å². The molecule has 0 aliphatic carbocycles. The molecule has 0 aliphatic rings. The molecule has 36 heavy (non-hydrogen) atoms. The van der Waals surface area contributed by atoms with Crippen LogP contribution < -0.4 is 10.1 Å². The fourth-order valence-electron chi connectivity index (χ4n) is 3.63. The summed E-state index contributed by atoms with van der Waals surface area (Å²) >= 11 is 15.9. The molecule has 2 amide bonds. The molecule has 0 saturated carbocycles. The number of nitrogens with zero attached hydrogens (tertiary/aromatic N) is 1. The van der Waals surface area contributed by atoms with E-state index in [4.69, 9.17) is 27.9 Å². The molecule has 1 N–H and O–H groups in total. The number of carbonyl (C=O) groups is 2. The van der Waals surface area contributed by atoms with Crippen LogP contribution in [0.4, 0.5) is 0 Å². The fraction of sp³-hybridized carbons (Fsp3) is 0.286. The predicted octanol–water partition coefficient (Wildman–Crippen LogP) is 6.69. The van der Waals surface area contributed by atoms with Crippen LogP contribution in [0.15, 0.2) is 77.3 Å². The van der Waals surface area contributed by atoms with E-state index in [0.29, 0.717) is 26.7 Å². The second-order valence-corrected chi connectivity index (χ2v) is 11.1. The van der Waals surface area contributed by atoms with Crippen LogP contribution in [0.25, 0.3) is 0 Å². The van der Waals surface area contributed by atoms with Crippen molar-refractivity contribution in [1.29, 1.82) is 0 Å². The van der Waals surface area contributed by atoms with Crippen LogP contribution in [0.5, 0.6) is 5.75 Å². The van der Waals surface area contributed by atoms with Gasteiger partial charge in [0.25, 0.3) is 5.91 Å². The van der Waals surface area contributed by atoms with E-state index < -0.39 is 11.6 Å². The van der Waals surface area contributed by atoms with E-state index in [1.165, 1.54) is 0 Å². The summed E-state index contributed by atoms with van der Waals surface area (Å²) in [5.74, 6) is -0.120. The van der Waals surface area contributed by atoms with Crippen LogP contribution in [-0.4, -0.2) is 34.9 Å². The highest BCUT2D eigenvalue weighted by Gasteiger charge is 2.32. The van der Waals surface area contributed by atoms with Crippen LogP contribution >= 0.6 is 39.1 Å². The number of ether oxygens (including phenoxy) is 1. The van der Waals surface area contributed by atoms with E-state index in [2.05, 4.69) is 21.2 Å². The van der Waals surface area contributed by atoms with Crippen LogP contribution in [0.1, 0.15) is 31.9 Å². The van der Waals surface area contributed by atoms with Crippen molar-refractivity contribution < 1.29 is 14.3 Å². The summed E-state index contributed by atoms with van der Waals surface area (Å²) in [5.41, 5.74) is 1.20. The highest BCUT2D eigenvalue weighted by molar-refractivity contribution is 9.10. The first kappa shape index (κ1) is 28.0. The van der Waals surface area contributed by atoms with Crippen molar-refractivity contribution in [3.05, 3.63) is 98.4 Å². The average Bonchev–Trinajstić information content (AvgIpc) is 2.81. The Kier molecular flexibility index (Phi) is 9.83. The van der Waals surface area contributed by atoms with Crippen LogP contribution in [0, 0.1) is 0 Å². The Morgan fingerprint density at radius 2 is 1.67 bits per heavy atom. The molecule has 0 saturated heterocycles. The van der Waals surface area contributed by atoms with Crippen molar-refractivity contribution in [3.8, 4) is 5.75 Å². The molecule has 1 atom stereocenters. The smallest absolute Gasteiger partial charge is 0.261 e. The number of halogens is 3. The van der Waals surface area contributed by atoms with Crippen molar-refractivity contribution in [3.63, 3.8) is 0 Å². The lowest BCUT2D eigenvalue weighted by Gasteiger charge is -2.34. The Morgan fingerprint density at radius 3 is 2.31 bits per heavy atom. The molecule has 0 heterocycles. The Bertz CT molecular complexity index is 1200. The molecule has 3 aromatic rings. The van der Waals surface area contributed by atoms with Crippen LogP contribution in [-0.2, 0) is 22.6 Å². The van der Waals surface area contributed by atoms with E-state index in [-0.39, 0.29) is 25.0 Å². The quantitative estimate of drug-likeness (QED) is 0.302. The molecule has 0 aliphatic heterocycles. The number of benzene rings is 3. The molecule has 0 unspecified atom stereocenters. The maximum Gasteiger partial charge on any atom is 0.261 e. The van der Waals surface area contributed by atoms with Crippen LogP contribution in [0.2, 0.25) is 10.0 Å². The number of hydrogen-bond acceptors (Lipinski definition) is 3. The largest absolute Gasteiger partial charge is 0.483 e. The predicted molar refractivity (Wildman–Crippen MR) is 148 cm³/mol. The van der Waals surface area contributed by atoms with Gasteiger partial charge in [-0.05, 0) is 72.1 Å². The third-order valence-corrected chi connectivity index (χ3v) is 6.54. The summed E-state index contributed by atoms with van der Waals surface area (Å²) in [5, 5.41) is 4.10. The van der Waals surface area contributed by atoms with Crippen molar-refractivity contribution in [2.75, 3.05) is 6.61 Å². The van der Waals surface area contributed by atoms with E-state index in [1.807, 2.05) is 69.3 Å². The van der Waals surface area contributed by atoms with E-state index in [0.717, 1.165) is 11.1 Å². The lowest BCUT2D eigenvalue weighted by Crippen LogP contribution is -2.55. The number of carbonyl (C=O) groups excluding carboxylic acids is 2. The summed E-state index contributed by atoms with van der Waals surface area (Å²) in [7, 11) is 0. The third kappa shape index (κ3) is 8.26. The third-order valence-electron chi connectivity index (χ3n) is 5.31. The fourth-order valence-corrected chi connectivity index (χ4v) is 4.62. The van der Waals surface area contributed by atoms with Gasteiger partial charge in [-0.3, -0.25) is 9.59 Å². The van der Waals surface area contributed by atoms with Gasteiger partial charge in [0.1, 0.15) is 11.8 Å². The first-order valence-corrected chi connectivity index (χ1v) is 13.0. The molecule has 5 nitrogen and oxygen atoms in total.